The zero-order valence-corrected chi connectivity index (χ0v) is 8.81. The van der Waals surface area contributed by atoms with Gasteiger partial charge in [-0.2, -0.15) is 5.10 Å². The Morgan fingerprint density at radius 2 is 1.76 bits per heavy atom. The second kappa shape index (κ2) is 3.52. The molecule has 82 valence electrons. The SMILES string of the molecule is O=C1C=C(c2ccn[nH]2)C(=O)c2ccccc21. The molecule has 3 rings (SSSR count). The van der Waals surface area contributed by atoms with E-state index in [1.54, 1.807) is 36.5 Å². The molecule has 0 bridgehead atoms. The van der Waals surface area contributed by atoms with Crippen molar-refractivity contribution in [2.45, 2.75) is 0 Å². The minimum Gasteiger partial charge on any atom is -0.289 e. The number of aromatic amines is 1. The second-order valence-electron chi connectivity index (χ2n) is 3.77. The summed E-state index contributed by atoms with van der Waals surface area (Å²) in [4.78, 5) is 24.1. The number of hydrogen-bond donors (Lipinski definition) is 1. The highest BCUT2D eigenvalue weighted by Crippen LogP contribution is 2.26. The minimum absolute atomic E-state index is 0.148. The molecule has 0 atom stereocenters. The van der Waals surface area contributed by atoms with Gasteiger partial charge in [0.25, 0.3) is 0 Å². The Bertz CT molecular complexity index is 639. The van der Waals surface area contributed by atoms with Crippen molar-refractivity contribution in [3.05, 3.63) is 59.4 Å². The maximum absolute atomic E-state index is 12.2. The van der Waals surface area contributed by atoms with Gasteiger partial charge in [0.15, 0.2) is 11.6 Å². The Kier molecular flexibility index (Phi) is 2.01. The Hall–Kier alpha value is -2.49. The molecular formula is C13H8N2O2. The van der Waals surface area contributed by atoms with E-state index in [1.165, 1.54) is 6.08 Å². The smallest absolute Gasteiger partial charge is 0.196 e. The Balaban J connectivity index is 2.18. The van der Waals surface area contributed by atoms with E-state index in [-0.39, 0.29) is 11.6 Å². The van der Waals surface area contributed by atoms with E-state index in [9.17, 15) is 9.59 Å². The van der Waals surface area contributed by atoms with Crippen molar-refractivity contribution >= 4 is 17.1 Å². The second-order valence-corrected chi connectivity index (χ2v) is 3.77. The molecule has 1 aliphatic rings. The van der Waals surface area contributed by atoms with Crippen molar-refractivity contribution in [1.29, 1.82) is 0 Å². The molecule has 17 heavy (non-hydrogen) atoms. The van der Waals surface area contributed by atoms with Gasteiger partial charge in [0, 0.05) is 17.3 Å². The first-order valence-corrected chi connectivity index (χ1v) is 5.17. The van der Waals surface area contributed by atoms with Gasteiger partial charge in [-0.05, 0) is 12.1 Å². The highest BCUT2D eigenvalue weighted by Gasteiger charge is 2.26. The van der Waals surface area contributed by atoms with Crippen LogP contribution in [0.3, 0.4) is 0 Å². The third-order valence-electron chi connectivity index (χ3n) is 2.75. The molecule has 1 aliphatic carbocycles. The third kappa shape index (κ3) is 1.42. The molecular weight excluding hydrogens is 216 g/mol. The minimum atomic E-state index is -0.149. The van der Waals surface area contributed by atoms with E-state index in [0.717, 1.165) is 0 Å². The third-order valence-corrected chi connectivity index (χ3v) is 2.75. The summed E-state index contributed by atoms with van der Waals surface area (Å²) in [7, 11) is 0. The number of allylic oxidation sites excluding steroid dienone is 2. The van der Waals surface area contributed by atoms with Crippen LogP contribution in [0.2, 0.25) is 0 Å². The Morgan fingerprint density at radius 1 is 1.00 bits per heavy atom. The predicted molar refractivity (Wildman–Crippen MR) is 61.7 cm³/mol. The molecule has 4 heteroatoms. The van der Waals surface area contributed by atoms with Gasteiger partial charge in [-0.1, -0.05) is 24.3 Å². The molecule has 0 radical (unpaired) electrons. The van der Waals surface area contributed by atoms with E-state index in [0.29, 0.717) is 22.4 Å². The van der Waals surface area contributed by atoms with E-state index in [2.05, 4.69) is 10.2 Å². The summed E-state index contributed by atoms with van der Waals surface area (Å²) in [5.74, 6) is -0.297. The van der Waals surface area contributed by atoms with Gasteiger partial charge >= 0.3 is 0 Å². The lowest BCUT2D eigenvalue weighted by Gasteiger charge is -2.13. The lowest BCUT2D eigenvalue weighted by Crippen LogP contribution is -2.16. The average molecular weight is 224 g/mol. The molecule has 0 spiro atoms. The number of carbonyl (C=O) groups is 2. The maximum Gasteiger partial charge on any atom is 0.196 e. The zero-order chi connectivity index (χ0) is 11.8. The first kappa shape index (κ1) is 9.72. The fraction of sp³-hybridized carbons (Fsp3) is 0. The molecule has 0 fully saturated rings. The van der Waals surface area contributed by atoms with Gasteiger partial charge in [-0.25, -0.2) is 0 Å². The first-order chi connectivity index (χ1) is 8.27. The molecule has 0 amide bonds. The van der Waals surface area contributed by atoms with Gasteiger partial charge in [0.05, 0.1) is 11.3 Å². The topological polar surface area (TPSA) is 62.8 Å². The molecule has 1 aromatic carbocycles. The van der Waals surface area contributed by atoms with Crippen LogP contribution >= 0.6 is 0 Å². The highest BCUT2D eigenvalue weighted by atomic mass is 16.1. The lowest BCUT2D eigenvalue weighted by atomic mass is 9.88. The van der Waals surface area contributed by atoms with E-state index in [4.69, 9.17) is 0 Å². The number of aromatic nitrogens is 2. The number of rotatable bonds is 1. The lowest BCUT2D eigenvalue weighted by molar-refractivity contribution is 0.100. The van der Waals surface area contributed by atoms with Gasteiger partial charge in [0.1, 0.15) is 0 Å². The standard InChI is InChI=1S/C13H8N2O2/c16-12-7-10(11-5-6-14-15-11)13(17)9-4-2-1-3-8(9)12/h1-7H,(H,14,15). The molecule has 4 nitrogen and oxygen atoms in total. The van der Waals surface area contributed by atoms with Gasteiger partial charge in [-0.15, -0.1) is 0 Å². The van der Waals surface area contributed by atoms with Crippen LogP contribution in [0.5, 0.6) is 0 Å². The summed E-state index contributed by atoms with van der Waals surface area (Å²) in [5, 5.41) is 6.48. The zero-order valence-electron chi connectivity index (χ0n) is 8.81. The number of hydrogen-bond acceptors (Lipinski definition) is 3. The van der Waals surface area contributed by atoms with Crippen molar-refractivity contribution in [3.63, 3.8) is 0 Å². The molecule has 0 saturated heterocycles. The van der Waals surface area contributed by atoms with Crippen molar-refractivity contribution in [3.8, 4) is 0 Å². The summed E-state index contributed by atoms with van der Waals surface area (Å²) in [6.07, 6.45) is 2.91. The monoisotopic (exact) mass is 224 g/mol. The van der Waals surface area contributed by atoms with Crippen LogP contribution in [-0.2, 0) is 0 Å². The van der Waals surface area contributed by atoms with Crippen LogP contribution in [0.15, 0.2) is 42.6 Å². The number of benzene rings is 1. The summed E-state index contributed by atoms with van der Waals surface area (Å²) in [6, 6.07) is 8.50. The molecule has 2 aromatic rings. The van der Waals surface area contributed by atoms with Crippen molar-refractivity contribution in [2.24, 2.45) is 0 Å². The normalized spacial score (nSPS) is 14.5. The van der Waals surface area contributed by atoms with Crippen molar-refractivity contribution < 1.29 is 9.59 Å². The van der Waals surface area contributed by atoms with Crippen LogP contribution in [0.1, 0.15) is 26.4 Å². The largest absolute Gasteiger partial charge is 0.289 e. The molecule has 0 unspecified atom stereocenters. The van der Waals surface area contributed by atoms with E-state index >= 15 is 0 Å². The summed E-state index contributed by atoms with van der Waals surface area (Å²) in [5.41, 5.74) is 1.84. The van der Waals surface area contributed by atoms with Gasteiger partial charge in [0.2, 0.25) is 0 Å². The number of H-pyrrole nitrogens is 1. The Morgan fingerprint density at radius 3 is 2.47 bits per heavy atom. The predicted octanol–water partition coefficient (Wildman–Crippen LogP) is 1.87. The van der Waals surface area contributed by atoms with E-state index in [1.807, 2.05) is 0 Å². The number of carbonyl (C=O) groups excluding carboxylic acids is 2. The summed E-state index contributed by atoms with van der Waals surface area (Å²) < 4.78 is 0. The fourth-order valence-corrected chi connectivity index (χ4v) is 1.92. The van der Waals surface area contributed by atoms with Crippen LogP contribution in [0.25, 0.3) is 5.57 Å². The summed E-state index contributed by atoms with van der Waals surface area (Å²) >= 11 is 0. The molecule has 1 aromatic heterocycles. The van der Waals surface area contributed by atoms with Crippen molar-refractivity contribution in [1.82, 2.24) is 10.2 Å². The van der Waals surface area contributed by atoms with Crippen molar-refractivity contribution in [2.75, 3.05) is 0 Å². The van der Waals surface area contributed by atoms with Crippen LogP contribution in [0, 0.1) is 0 Å². The van der Waals surface area contributed by atoms with Gasteiger partial charge in [-0.3, -0.25) is 14.7 Å². The molecule has 0 saturated carbocycles. The van der Waals surface area contributed by atoms with Crippen LogP contribution in [-0.4, -0.2) is 21.8 Å². The molecule has 1 heterocycles. The number of Topliss-reactive ketones (excluding diaryl/α,β-unsaturated/α-hetero) is 1. The average Bonchev–Trinajstić information content (AvgIpc) is 2.87. The first-order valence-electron chi connectivity index (χ1n) is 5.17. The van der Waals surface area contributed by atoms with Crippen LogP contribution in [0.4, 0.5) is 0 Å². The molecule has 0 aliphatic heterocycles. The number of fused-ring (bicyclic) bond motifs is 1. The molecule has 1 N–H and O–H groups in total. The Labute approximate surface area is 97.0 Å². The van der Waals surface area contributed by atoms with Gasteiger partial charge < -0.3 is 0 Å². The number of nitrogens with zero attached hydrogens (tertiary/aromatic N) is 1. The van der Waals surface area contributed by atoms with E-state index < -0.39 is 0 Å². The fourth-order valence-electron chi connectivity index (χ4n) is 1.92. The van der Waals surface area contributed by atoms with Crippen LogP contribution < -0.4 is 0 Å². The number of nitrogens with one attached hydrogen (secondary N) is 1. The summed E-state index contributed by atoms with van der Waals surface area (Å²) in [6.45, 7) is 0. The highest BCUT2D eigenvalue weighted by molar-refractivity contribution is 6.38. The maximum atomic E-state index is 12.2. The quantitative estimate of drug-likeness (QED) is 0.804. The number of ketones is 2.